The lowest BCUT2D eigenvalue weighted by Gasteiger charge is -2.20. The molecule has 1 radical (unpaired) electrons. The van der Waals surface area contributed by atoms with E-state index in [4.69, 9.17) is 5.73 Å². The number of nitrogens with zero attached hydrogens (tertiary/aromatic N) is 1. The average molecular weight is 155 g/mol. The van der Waals surface area contributed by atoms with Crippen molar-refractivity contribution in [3.8, 4) is 0 Å². The number of hydrogen-bond acceptors (Lipinski definition) is 2. The van der Waals surface area contributed by atoms with Gasteiger partial charge in [-0.15, -0.1) is 0 Å². The monoisotopic (exact) mass is 155 g/mol. The van der Waals surface area contributed by atoms with Gasteiger partial charge in [0.05, 0.1) is 0 Å². The summed E-state index contributed by atoms with van der Waals surface area (Å²) in [5, 5.41) is 0. The van der Waals surface area contributed by atoms with Crippen LogP contribution in [0.2, 0.25) is 0 Å². The van der Waals surface area contributed by atoms with Crippen LogP contribution in [0.5, 0.6) is 0 Å². The molecule has 1 atom stereocenters. The maximum Gasteiger partial charge on any atom is 0.0267 e. The minimum Gasteiger partial charge on any atom is -0.324 e. The fourth-order valence-corrected chi connectivity index (χ4v) is 1.66. The van der Waals surface area contributed by atoms with Gasteiger partial charge in [0.25, 0.3) is 0 Å². The van der Waals surface area contributed by atoms with Crippen LogP contribution >= 0.6 is 0 Å². The lowest BCUT2D eigenvalue weighted by atomic mass is 10.0. The summed E-state index contributed by atoms with van der Waals surface area (Å²) in [6.45, 7) is 9.82. The Morgan fingerprint density at radius 1 is 1.55 bits per heavy atom. The number of hydrogen-bond donors (Lipinski definition) is 1. The highest BCUT2D eigenvalue weighted by molar-refractivity contribution is 4.94. The van der Waals surface area contributed by atoms with E-state index in [1.165, 1.54) is 5.92 Å². The molecular formula is C9H19N2. The van der Waals surface area contributed by atoms with E-state index in [0.717, 1.165) is 26.1 Å². The fourth-order valence-electron chi connectivity index (χ4n) is 1.66. The van der Waals surface area contributed by atoms with Crippen LogP contribution in [0, 0.1) is 5.92 Å². The van der Waals surface area contributed by atoms with Crippen molar-refractivity contribution in [1.82, 2.24) is 4.90 Å². The van der Waals surface area contributed by atoms with Gasteiger partial charge in [0.2, 0.25) is 0 Å². The van der Waals surface area contributed by atoms with Gasteiger partial charge in [-0.3, -0.25) is 0 Å². The minimum absolute atomic E-state index is 0.0649. The molecule has 0 aliphatic carbocycles. The Hall–Kier alpha value is -0.0800. The number of nitrogens with two attached hydrogens (primary N) is 1. The van der Waals surface area contributed by atoms with Crippen LogP contribution in [-0.4, -0.2) is 30.1 Å². The topological polar surface area (TPSA) is 29.3 Å². The molecule has 11 heavy (non-hydrogen) atoms. The highest BCUT2D eigenvalue weighted by atomic mass is 15.2. The van der Waals surface area contributed by atoms with Crippen molar-refractivity contribution in [1.29, 1.82) is 0 Å². The maximum atomic E-state index is 5.99. The Labute approximate surface area is 69.8 Å². The largest absolute Gasteiger partial charge is 0.324 e. The maximum absolute atomic E-state index is 5.99. The zero-order valence-electron chi connectivity index (χ0n) is 7.85. The molecule has 0 aromatic heterocycles. The Kier molecular flexibility index (Phi) is 2.55. The van der Waals surface area contributed by atoms with Gasteiger partial charge >= 0.3 is 0 Å². The molecule has 1 aliphatic rings. The van der Waals surface area contributed by atoms with Gasteiger partial charge in [-0.1, -0.05) is 13.8 Å². The zero-order valence-corrected chi connectivity index (χ0v) is 7.85. The molecule has 0 amide bonds. The lowest BCUT2D eigenvalue weighted by Crippen LogP contribution is -2.39. The van der Waals surface area contributed by atoms with Gasteiger partial charge in [0.15, 0.2) is 0 Å². The number of rotatable bonds is 2. The molecule has 1 aliphatic heterocycles. The highest BCUT2D eigenvalue weighted by Gasteiger charge is 2.29. The van der Waals surface area contributed by atoms with Crippen LogP contribution < -0.4 is 5.73 Å². The van der Waals surface area contributed by atoms with Crippen molar-refractivity contribution in [3.05, 3.63) is 5.92 Å². The van der Waals surface area contributed by atoms with Crippen LogP contribution in [-0.2, 0) is 0 Å². The summed E-state index contributed by atoms with van der Waals surface area (Å²) in [6, 6.07) is 0. The highest BCUT2D eigenvalue weighted by Crippen LogP contribution is 2.18. The van der Waals surface area contributed by atoms with Crippen molar-refractivity contribution in [2.75, 3.05) is 19.6 Å². The van der Waals surface area contributed by atoms with Gasteiger partial charge in [-0.05, 0) is 19.3 Å². The summed E-state index contributed by atoms with van der Waals surface area (Å²) in [4.78, 5) is 2.43. The fraction of sp³-hybridized carbons (Fsp3) is 0.889. The predicted molar refractivity (Wildman–Crippen MR) is 48.2 cm³/mol. The van der Waals surface area contributed by atoms with Gasteiger partial charge < -0.3 is 10.6 Å². The molecule has 2 heteroatoms. The van der Waals surface area contributed by atoms with Gasteiger partial charge in [0.1, 0.15) is 0 Å². The summed E-state index contributed by atoms with van der Waals surface area (Å²) in [7, 11) is 0. The molecule has 2 N–H and O–H groups in total. The van der Waals surface area contributed by atoms with Crippen LogP contribution in [0.4, 0.5) is 0 Å². The second-order valence-corrected chi connectivity index (χ2v) is 4.32. The number of likely N-dealkylation sites (tertiary alicyclic amines) is 1. The van der Waals surface area contributed by atoms with Gasteiger partial charge in [-0.2, -0.15) is 0 Å². The van der Waals surface area contributed by atoms with Gasteiger partial charge in [-0.25, -0.2) is 0 Å². The van der Waals surface area contributed by atoms with E-state index < -0.39 is 0 Å². The summed E-state index contributed by atoms with van der Waals surface area (Å²) in [6.07, 6.45) is 1.14. The van der Waals surface area contributed by atoms with Crippen molar-refractivity contribution >= 4 is 0 Å². The van der Waals surface area contributed by atoms with E-state index in [9.17, 15) is 0 Å². The molecule has 1 saturated heterocycles. The molecule has 2 nitrogen and oxygen atoms in total. The minimum atomic E-state index is 0.0649. The van der Waals surface area contributed by atoms with Crippen LogP contribution in [0.15, 0.2) is 0 Å². The van der Waals surface area contributed by atoms with Crippen molar-refractivity contribution < 1.29 is 0 Å². The first kappa shape index (κ1) is 9.01. The SMILES string of the molecule is C[C](C)CN1CCC(C)(N)C1. The summed E-state index contributed by atoms with van der Waals surface area (Å²) in [5.74, 6) is 1.47. The first-order chi connectivity index (χ1) is 4.99. The molecule has 0 aromatic rings. The van der Waals surface area contributed by atoms with Crippen molar-refractivity contribution in [2.24, 2.45) is 5.73 Å². The molecule has 1 rings (SSSR count). The zero-order chi connectivity index (χ0) is 8.48. The summed E-state index contributed by atoms with van der Waals surface area (Å²) in [5.41, 5.74) is 6.06. The Morgan fingerprint density at radius 3 is 2.55 bits per heavy atom. The molecule has 0 bridgehead atoms. The summed E-state index contributed by atoms with van der Waals surface area (Å²) >= 11 is 0. The van der Waals surface area contributed by atoms with E-state index in [1.54, 1.807) is 0 Å². The quantitative estimate of drug-likeness (QED) is 0.645. The third kappa shape index (κ3) is 2.80. The molecule has 1 heterocycles. The second-order valence-electron chi connectivity index (χ2n) is 4.32. The van der Waals surface area contributed by atoms with E-state index in [1.807, 2.05) is 0 Å². The molecule has 0 spiro atoms. The Bertz CT molecular complexity index is 130. The molecular weight excluding hydrogens is 136 g/mol. The first-order valence-electron chi connectivity index (χ1n) is 4.30. The average Bonchev–Trinajstić information content (AvgIpc) is 2.08. The Balaban J connectivity index is 2.31. The molecule has 0 aromatic carbocycles. The normalized spacial score (nSPS) is 33.5. The standard InChI is InChI=1S/C9H19N2/c1-8(2)6-11-5-4-9(3,10)7-11/h4-7,10H2,1-3H3. The smallest absolute Gasteiger partial charge is 0.0267 e. The predicted octanol–water partition coefficient (Wildman–Crippen LogP) is 1.02. The Morgan fingerprint density at radius 2 is 2.18 bits per heavy atom. The first-order valence-corrected chi connectivity index (χ1v) is 4.30. The van der Waals surface area contributed by atoms with E-state index in [0.29, 0.717) is 0 Å². The molecule has 1 unspecified atom stereocenters. The molecule has 0 saturated carbocycles. The third-order valence-electron chi connectivity index (χ3n) is 2.12. The second kappa shape index (κ2) is 3.11. The lowest BCUT2D eigenvalue weighted by molar-refractivity contribution is 0.328. The molecule has 1 fully saturated rings. The van der Waals surface area contributed by atoms with E-state index in [2.05, 4.69) is 25.7 Å². The van der Waals surface area contributed by atoms with Crippen LogP contribution in [0.1, 0.15) is 27.2 Å². The third-order valence-corrected chi connectivity index (χ3v) is 2.12. The summed E-state index contributed by atoms with van der Waals surface area (Å²) < 4.78 is 0. The van der Waals surface area contributed by atoms with Gasteiger partial charge in [0, 0.05) is 25.2 Å². The molecule has 65 valence electrons. The van der Waals surface area contributed by atoms with Crippen molar-refractivity contribution in [3.63, 3.8) is 0 Å². The van der Waals surface area contributed by atoms with Crippen LogP contribution in [0.3, 0.4) is 0 Å². The van der Waals surface area contributed by atoms with E-state index >= 15 is 0 Å². The van der Waals surface area contributed by atoms with E-state index in [-0.39, 0.29) is 5.54 Å². The van der Waals surface area contributed by atoms with Crippen LogP contribution in [0.25, 0.3) is 0 Å². The van der Waals surface area contributed by atoms with Crippen molar-refractivity contribution in [2.45, 2.75) is 32.7 Å².